The lowest BCUT2D eigenvalue weighted by Gasteiger charge is -2.39. The molecule has 5 nitrogen and oxygen atoms in total. The van der Waals surface area contributed by atoms with Crippen LogP contribution in [-0.4, -0.2) is 32.2 Å². The Kier molecular flexibility index (Phi) is 3.61. The highest BCUT2D eigenvalue weighted by atomic mass is 16.5. The van der Waals surface area contributed by atoms with E-state index in [2.05, 4.69) is 11.9 Å². The van der Waals surface area contributed by atoms with E-state index in [-0.39, 0.29) is 5.91 Å². The van der Waals surface area contributed by atoms with Gasteiger partial charge in [-0.2, -0.15) is 0 Å². The molecular formula is C15H20N2O3. The predicted octanol–water partition coefficient (Wildman–Crippen LogP) is 2.43. The first-order chi connectivity index (χ1) is 9.44. The predicted molar refractivity (Wildman–Crippen MR) is 79.8 cm³/mol. The van der Waals surface area contributed by atoms with Crippen LogP contribution in [0.4, 0.5) is 11.4 Å². The lowest BCUT2D eigenvalue weighted by atomic mass is 9.97. The molecule has 5 heteroatoms. The third-order valence-corrected chi connectivity index (χ3v) is 3.33. The average molecular weight is 276 g/mol. The number of benzene rings is 1. The highest BCUT2D eigenvalue weighted by molar-refractivity contribution is 6.08. The zero-order valence-corrected chi connectivity index (χ0v) is 12.3. The Labute approximate surface area is 119 Å². The number of nitrogens with zero attached hydrogens (tertiary/aromatic N) is 1. The van der Waals surface area contributed by atoms with Crippen molar-refractivity contribution in [2.75, 3.05) is 31.0 Å². The van der Waals surface area contributed by atoms with Crippen LogP contribution >= 0.6 is 0 Å². The molecule has 1 heterocycles. The van der Waals surface area contributed by atoms with E-state index in [1.54, 1.807) is 31.3 Å². The molecule has 0 radical (unpaired) electrons. The molecule has 0 aromatic heterocycles. The molecule has 108 valence electrons. The molecule has 1 amide bonds. The average Bonchev–Trinajstić information content (AvgIpc) is 2.42. The summed E-state index contributed by atoms with van der Waals surface area (Å²) in [5.41, 5.74) is 0.941. The smallest absolute Gasteiger partial charge is 0.252 e. The van der Waals surface area contributed by atoms with E-state index in [0.29, 0.717) is 18.0 Å². The van der Waals surface area contributed by atoms with Crippen LogP contribution < -0.4 is 19.7 Å². The molecule has 0 aliphatic carbocycles. The molecule has 1 aromatic rings. The molecule has 0 bridgehead atoms. The number of methoxy groups -OCH3 is 2. The summed E-state index contributed by atoms with van der Waals surface area (Å²) in [6.45, 7) is 7.87. The number of rotatable bonds is 4. The van der Waals surface area contributed by atoms with Crippen LogP contribution in [0.25, 0.3) is 0 Å². The summed E-state index contributed by atoms with van der Waals surface area (Å²) >= 11 is 0. The maximum absolute atomic E-state index is 12.5. The van der Waals surface area contributed by atoms with Gasteiger partial charge in [-0.1, -0.05) is 6.08 Å². The fourth-order valence-corrected chi connectivity index (χ4v) is 2.34. The van der Waals surface area contributed by atoms with E-state index < -0.39 is 5.54 Å². The number of amides is 1. The number of ether oxygens (including phenoxy) is 2. The second kappa shape index (κ2) is 5.07. The molecule has 20 heavy (non-hydrogen) atoms. The largest absolute Gasteiger partial charge is 0.493 e. The SMILES string of the molecule is C=CCN1C(=O)C(C)(C)Nc2cc(OC)c(OC)cc21. The molecule has 1 aliphatic heterocycles. The standard InChI is InChI=1S/C15H20N2O3/c1-6-7-17-11-9-13(20-5)12(19-4)8-10(11)16-15(2,3)14(17)18/h6,8-9,16H,1,7H2,2-5H3. The number of fused-ring (bicyclic) bond motifs is 1. The van der Waals surface area contributed by atoms with Crippen LogP contribution in [0.3, 0.4) is 0 Å². The van der Waals surface area contributed by atoms with Crippen LogP contribution in [0, 0.1) is 0 Å². The molecule has 1 aromatic carbocycles. The third-order valence-electron chi connectivity index (χ3n) is 3.33. The molecule has 2 rings (SSSR count). The van der Waals surface area contributed by atoms with Crippen molar-refractivity contribution >= 4 is 17.3 Å². The molecule has 0 spiro atoms. The molecule has 0 unspecified atom stereocenters. The molecule has 1 N–H and O–H groups in total. The molecule has 0 saturated heterocycles. The van der Waals surface area contributed by atoms with Crippen molar-refractivity contribution in [1.29, 1.82) is 0 Å². The highest BCUT2D eigenvalue weighted by Gasteiger charge is 2.38. The first-order valence-electron chi connectivity index (χ1n) is 6.41. The summed E-state index contributed by atoms with van der Waals surface area (Å²) in [4.78, 5) is 14.2. The highest BCUT2D eigenvalue weighted by Crippen LogP contribution is 2.42. The summed E-state index contributed by atoms with van der Waals surface area (Å²) in [7, 11) is 3.16. The summed E-state index contributed by atoms with van der Waals surface area (Å²) in [6.07, 6.45) is 1.71. The number of anilines is 2. The van der Waals surface area contributed by atoms with Crippen molar-refractivity contribution in [3.05, 3.63) is 24.8 Å². The topological polar surface area (TPSA) is 50.8 Å². The van der Waals surface area contributed by atoms with Crippen molar-refractivity contribution in [1.82, 2.24) is 0 Å². The van der Waals surface area contributed by atoms with Gasteiger partial charge in [-0.25, -0.2) is 0 Å². The zero-order chi connectivity index (χ0) is 14.9. The zero-order valence-electron chi connectivity index (χ0n) is 12.3. The van der Waals surface area contributed by atoms with E-state index >= 15 is 0 Å². The summed E-state index contributed by atoms with van der Waals surface area (Å²) < 4.78 is 10.6. The summed E-state index contributed by atoms with van der Waals surface area (Å²) in [6, 6.07) is 3.65. The Morgan fingerprint density at radius 1 is 1.30 bits per heavy atom. The first-order valence-corrected chi connectivity index (χ1v) is 6.41. The van der Waals surface area contributed by atoms with Crippen LogP contribution in [0.2, 0.25) is 0 Å². The normalized spacial score (nSPS) is 16.2. The Bertz CT molecular complexity index is 552. The lowest BCUT2D eigenvalue weighted by Crippen LogP contribution is -2.53. The minimum Gasteiger partial charge on any atom is -0.493 e. The number of carbonyl (C=O) groups excluding carboxylic acids is 1. The van der Waals surface area contributed by atoms with Gasteiger partial charge >= 0.3 is 0 Å². The van der Waals surface area contributed by atoms with E-state index in [1.165, 1.54) is 0 Å². The van der Waals surface area contributed by atoms with Gasteiger partial charge in [-0.05, 0) is 13.8 Å². The van der Waals surface area contributed by atoms with E-state index in [0.717, 1.165) is 11.4 Å². The molecule has 1 aliphatic rings. The maximum Gasteiger partial charge on any atom is 0.252 e. The third kappa shape index (κ3) is 2.19. The van der Waals surface area contributed by atoms with Gasteiger partial charge in [0, 0.05) is 18.7 Å². The monoisotopic (exact) mass is 276 g/mol. The van der Waals surface area contributed by atoms with Gasteiger partial charge in [0.05, 0.1) is 25.6 Å². The number of hydrogen-bond acceptors (Lipinski definition) is 4. The Balaban J connectivity index is 2.60. The Morgan fingerprint density at radius 2 is 1.90 bits per heavy atom. The number of hydrogen-bond donors (Lipinski definition) is 1. The lowest BCUT2D eigenvalue weighted by molar-refractivity contribution is -0.122. The molecule has 0 fully saturated rings. The fraction of sp³-hybridized carbons (Fsp3) is 0.400. The van der Waals surface area contributed by atoms with Crippen LogP contribution in [-0.2, 0) is 4.79 Å². The van der Waals surface area contributed by atoms with Crippen molar-refractivity contribution < 1.29 is 14.3 Å². The van der Waals surface area contributed by atoms with Crippen molar-refractivity contribution in [3.8, 4) is 11.5 Å². The Hall–Kier alpha value is -2.17. The Morgan fingerprint density at radius 3 is 2.45 bits per heavy atom. The molecule has 0 saturated carbocycles. The van der Waals surface area contributed by atoms with Crippen molar-refractivity contribution in [2.45, 2.75) is 19.4 Å². The molecular weight excluding hydrogens is 256 g/mol. The second-order valence-electron chi connectivity index (χ2n) is 5.18. The van der Waals surface area contributed by atoms with Crippen molar-refractivity contribution in [2.24, 2.45) is 0 Å². The van der Waals surface area contributed by atoms with Gasteiger partial charge in [-0.3, -0.25) is 4.79 Å². The van der Waals surface area contributed by atoms with Crippen LogP contribution in [0.1, 0.15) is 13.8 Å². The van der Waals surface area contributed by atoms with Gasteiger partial charge in [0.25, 0.3) is 5.91 Å². The minimum absolute atomic E-state index is 0.00267. The van der Waals surface area contributed by atoms with Crippen molar-refractivity contribution in [3.63, 3.8) is 0 Å². The van der Waals surface area contributed by atoms with Gasteiger partial charge in [0.15, 0.2) is 11.5 Å². The number of nitrogens with one attached hydrogen (secondary N) is 1. The van der Waals surface area contributed by atoms with E-state index in [9.17, 15) is 4.79 Å². The van der Waals surface area contributed by atoms with E-state index in [1.807, 2.05) is 19.9 Å². The first kappa shape index (κ1) is 14.2. The van der Waals surface area contributed by atoms with Gasteiger partial charge in [-0.15, -0.1) is 6.58 Å². The van der Waals surface area contributed by atoms with Gasteiger partial charge < -0.3 is 19.7 Å². The maximum atomic E-state index is 12.5. The van der Waals surface area contributed by atoms with Gasteiger partial charge in [0.1, 0.15) is 5.54 Å². The van der Waals surface area contributed by atoms with Crippen LogP contribution in [0.15, 0.2) is 24.8 Å². The summed E-state index contributed by atoms with van der Waals surface area (Å²) in [5, 5.41) is 3.24. The van der Waals surface area contributed by atoms with E-state index in [4.69, 9.17) is 9.47 Å². The fourth-order valence-electron chi connectivity index (χ4n) is 2.34. The molecule has 0 atom stereocenters. The number of carbonyl (C=O) groups is 1. The minimum atomic E-state index is -0.671. The van der Waals surface area contributed by atoms with Crippen LogP contribution in [0.5, 0.6) is 11.5 Å². The summed E-state index contributed by atoms with van der Waals surface area (Å²) in [5.74, 6) is 1.22. The second-order valence-corrected chi connectivity index (χ2v) is 5.18. The quantitative estimate of drug-likeness (QED) is 0.858. The van der Waals surface area contributed by atoms with Gasteiger partial charge in [0.2, 0.25) is 0 Å².